The van der Waals surface area contributed by atoms with Crippen LogP contribution < -0.4 is 5.32 Å². The van der Waals surface area contributed by atoms with Crippen molar-refractivity contribution in [2.24, 2.45) is 0 Å². The van der Waals surface area contributed by atoms with Crippen molar-refractivity contribution in [1.82, 2.24) is 15.1 Å². The van der Waals surface area contributed by atoms with Crippen molar-refractivity contribution in [3.8, 4) is 0 Å². The van der Waals surface area contributed by atoms with Crippen LogP contribution in [0.1, 0.15) is 25.7 Å². The van der Waals surface area contributed by atoms with Gasteiger partial charge in [0, 0.05) is 19.1 Å². The Morgan fingerprint density at radius 2 is 2.11 bits per heavy atom. The second-order valence-corrected chi connectivity index (χ2v) is 5.64. The topological polar surface area (TPSA) is 44.8 Å². The Labute approximate surface area is 116 Å². The van der Waals surface area contributed by atoms with Gasteiger partial charge < -0.3 is 15.0 Å². The summed E-state index contributed by atoms with van der Waals surface area (Å²) in [6.45, 7) is 5.86. The molecule has 2 fully saturated rings. The summed E-state index contributed by atoms with van der Waals surface area (Å²) >= 11 is 0. The van der Waals surface area contributed by atoms with Gasteiger partial charge in [-0.1, -0.05) is 0 Å². The Bertz CT molecular complexity index is 292. The molecule has 0 saturated carbocycles. The van der Waals surface area contributed by atoms with Crippen molar-refractivity contribution in [2.75, 3.05) is 46.9 Å². The lowest BCUT2D eigenvalue weighted by Crippen LogP contribution is -2.39. The zero-order valence-electron chi connectivity index (χ0n) is 12.2. The fourth-order valence-corrected chi connectivity index (χ4v) is 3.25. The largest absolute Gasteiger partial charge is 0.468 e. The molecule has 2 saturated heterocycles. The molecule has 2 rings (SSSR count). The van der Waals surface area contributed by atoms with E-state index in [4.69, 9.17) is 4.74 Å². The SMILES string of the molecule is CNC(CCN1CCC(N2CCCC2)C1)C(=O)OC. The maximum absolute atomic E-state index is 11.5. The summed E-state index contributed by atoms with van der Waals surface area (Å²) in [5.74, 6) is -0.155. The number of rotatable bonds is 6. The fraction of sp³-hybridized carbons (Fsp3) is 0.929. The van der Waals surface area contributed by atoms with E-state index in [1.54, 1.807) is 0 Å². The molecular formula is C14H27N3O2. The molecule has 2 heterocycles. The summed E-state index contributed by atoms with van der Waals surface area (Å²) in [5.41, 5.74) is 0. The Kier molecular flexibility index (Phi) is 5.60. The molecule has 1 N–H and O–H groups in total. The maximum Gasteiger partial charge on any atom is 0.322 e. The molecule has 0 bridgehead atoms. The first kappa shape index (κ1) is 14.8. The molecule has 5 heteroatoms. The highest BCUT2D eigenvalue weighted by Gasteiger charge is 2.29. The standard InChI is InChI=1S/C14H27N3O2/c1-15-13(14(18)19-2)6-10-16-9-5-12(11-16)17-7-3-4-8-17/h12-13,15H,3-11H2,1-2H3. The zero-order valence-corrected chi connectivity index (χ0v) is 12.2. The van der Waals surface area contributed by atoms with Gasteiger partial charge in [0.05, 0.1) is 7.11 Å². The van der Waals surface area contributed by atoms with Crippen LogP contribution in [0.4, 0.5) is 0 Å². The van der Waals surface area contributed by atoms with Gasteiger partial charge in [0.25, 0.3) is 0 Å². The molecule has 110 valence electrons. The van der Waals surface area contributed by atoms with E-state index >= 15 is 0 Å². The van der Waals surface area contributed by atoms with Gasteiger partial charge in [-0.3, -0.25) is 9.69 Å². The molecule has 0 aromatic carbocycles. The number of ether oxygens (including phenoxy) is 1. The molecule has 0 aliphatic carbocycles. The number of esters is 1. The summed E-state index contributed by atoms with van der Waals surface area (Å²) in [4.78, 5) is 16.6. The number of likely N-dealkylation sites (N-methyl/N-ethyl adjacent to an activating group) is 1. The van der Waals surface area contributed by atoms with E-state index < -0.39 is 0 Å². The third-order valence-corrected chi connectivity index (χ3v) is 4.47. The molecule has 2 aliphatic rings. The minimum Gasteiger partial charge on any atom is -0.468 e. The second-order valence-electron chi connectivity index (χ2n) is 5.64. The number of likely N-dealkylation sites (tertiary alicyclic amines) is 2. The first-order chi connectivity index (χ1) is 9.24. The van der Waals surface area contributed by atoms with Crippen molar-refractivity contribution in [2.45, 2.75) is 37.8 Å². The highest BCUT2D eigenvalue weighted by molar-refractivity contribution is 5.75. The first-order valence-corrected chi connectivity index (χ1v) is 7.46. The molecule has 2 aliphatic heterocycles. The van der Waals surface area contributed by atoms with E-state index in [0.717, 1.165) is 25.6 Å². The second kappa shape index (κ2) is 7.22. The average Bonchev–Trinajstić information content (AvgIpc) is 3.09. The third-order valence-electron chi connectivity index (χ3n) is 4.47. The maximum atomic E-state index is 11.5. The van der Waals surface area contributed by atoms with Crippen LogP contribution in [0.2, 0.25) is 0 Å². The molecular weight excluding hydrogens is 242 g/mol. The lowest BCUT2D eigenvalue weighted by Gasteiger charge is -2.24. The van der Waals surface area contributed by atoms with Crippen molar-refractivity contribution in [3.63, 3.8) is 0 Å². The van der Waals surface area contributed by atoms with Gasteiger partial charge in [0.1, 0.15) is 6.04 Å². The van der Waals surface area contributed by atoms with E-state index in [1.807, 2.05) is 7.05 Å². The molecule has 0 amide bonds. The van der Waals surface area contributed by atoms with Crippen LogP contribution >= 0.6 is 0 Å². The number of nitrogens with zero attached hydrogens (tertiary/aromatic N) is 2. The minimum atomic E-state index is -0.171. The molecule has 0 spiro atoms. The molecule has 0 radical (unpaired) electrons. The third kappa shape index (κ3) is 3.91. The number of nitrogens with one attached hydrogen (secondary N) is 1. The normalized spacial score (nSPS) is 26.7. The summed E-state index contributed by atoms with van der Waals surface area (Å²) in [6, 6.07) is 0.574. The number of carbonyl (C=O) groups is 1. The number of hydrogen-bond donors (Lipinski definition) is 1. The molecule has 0 aromatic heterocycles. The smallest absolute Gasteiger partial charge is 0.322 e. The van der Waals surface area contributed by atoms with Crippen molar-refractivity contribution in [1.29, 1.82) is 0 Å². The number of hydrogen-bond acceptors (Lipinski definition) is 5. The van der Waals surface area contributed by atoms with Crippen LogP contribution in [-0.4, -0.2) is 74.7 Å². The van der Waals surface area contributed by atoms with Crippen LogP contribution in [-0.2, 0) is 9.53 Å². The van der Waals surface area contributed by atoms with Gasteiger partial charge in [0.15, 0.2) is 0 Å². The molecule has 2 atom stereocenters. The first-order valence-electron chi connectivity index (χ1n) is 7.46. The monoisotopic (exact) mass is 269 g/mol. The van der Waals surface area contributed by atoms with Crippen molar-refractivity contribution >= 4 is 5.97 Å². The Balaban J connectivity index is 1.70. The highest BCUT2D eigenvalue weighted by Crippen LogP contribution is 2.20. The predicted molar refractivity (Wildman–Crippen MR) is 75.1 cm³/mol. The summed E-state index contributed by atoms with van der Waals surface area (Å²) < 4.78 is 4.79. The van der Waals surface area contributed by atoms with E-state index in [1.165, 1.54) is 46.0 Å². The highest BCUT2D eigenvalue weighted by atomic mass is 16.5. The zero-order chi connectivity index (χ0) is 13.7. The van der Waals surface area contributed by atoms with E-state index in [2.05, 4.69) is 15.1 Å². The van der Waals surface area contributed by atoms with Crippen LogP contribution in [0, 0.1) is 0 Å². The predicted octanol–water partition coefficient (Wildman–Crippen LogP) is 0.308. The van der Waals surface area contributed by atoms with Crippen LogP contribution in [0.5, 0.6) is 0 Å². The van der Waals surface area contributed by atoms with E-state index in [-0.39, 0.29) is 12.0 Å². The number of carbonyl (C=O) groups excluding carboxylic acids is 1. The minimum absolute atomic E-state index is 0.155. The molecule has 2 unspecified atom stereocenters. The van der Waals surface area contributed by atoms with E-state index in [0.29, 0.717) is 0 Å². The molecule has 0 aromatic rings. The summed E-state index contributed by atoms with van der Waals surface area (Å²) in [7, 11) is 3.27. The van der Waals surface area contributed by atoms with Crippen molar-refractivity contribution in [3.05, 3.63) is 0 Å². The Morgan fingerprint density at radius 1 is 1.37 bits per heavy atom. The molecule has 5 nitrogen and oxygen atoms in total. The van der Waals surface area contributed by atoms with Gasteiger partial charge in [0.2, 0.25) is 0 Å². The van der Waals surface area contributed by atoms with Crippen LogP contribution in [0.3, 0.4) is 0 Å². The molecule has 19 heavy (non-hydrogen) atoms. The van der Waals surface area contributed by atoms with Crippen LogP contribution in [0.15, 0.2) is 0 Å². The number of methoxy groups -OCH3 is 1. The van der Waals surface area contributed by atoms with Gasteiger partial charge in [-0.25, -0.2) is 0 Å². The lowest BCUT2D eigenvalue weighted by molar-refractivity contribution is -0.143. The average molecular weight is 269 g/mol. The van der Waals surface area contributed by atoms with Crippen molar-refractivity contribution < 1.29 is 9.53 Å². The Morgan fingerprint density at radius 3 is 2.74 bits per heavy atom. The lowest BCUT2D eigenvalue weighted by atomic mass is 10.2. The van der Waals surface area contributed by atoms with Gasteiger partial charge >= 0.3 is 5.97 Å². The van der Waals surface area contributed by atoms with E-state index in [9.17, 15) is 4.79 Å². The summed E-state index contributed by atoms with van der Waals surface area (Å²) in [6.07, 6.45) is 4.83. The van der Waals surface area contributed by atoms with Gasteiger partial charge in [-0.05, 0) is 52.4 Å². The van der Waals surface area contributed by atoms with Crippen LogP contribution in [0.25, 0.3) is 0 Å². The summed E-state index contributed by atoms with van der Waals surface area (Å²) in [5, 5.41) is 3.03. The fourth-order valence-electron chi connectivity index (χ4n) is 3.25. The Hall–Kier alpha value is -0.650. The van der Waals surface area contributed by atoms with Gasteiger partial charge in [-0.2, -0.15) is 0 Å². The quantitative estimate of drug-likeness (QED) is 0.703. The van der Waals surface area contributed by atoms with Gasteiger partial charge in [-0.15, -0.1) is 0 Å².